The molecular formula is C31H32ClN5OS. The van der Waals surface area contributed by atoms with Gasteiger partial charge in [-0.2, -0.15) is 0 Å². The highest BCUT2D eigenvalue weighted by Crippen LogP contribution is 2.44. The van der Waals surface area contributed by atoms with Crippen LogP contribution in [0.3, 0.4) is 0 Å². The van der Waals surface area contributed by atoms with E-state index in [0.717, 1.165) is 55.9 Å². The smallest absolute Gasteiger partial charge is 0.224 e. The summed E-state index contributed by atoms with van der Waals surface area (Å²) in [6.45, 7) is 10.2. The number of pyridine rings is 1. The van der Waals surface area contributed by atoms with Gasteiger partial charge in [-0.25, -0.2) is 0 Å². The van der Waals surface area contributed by atoms with Crippen LogP contribution in [0.4, 0.5) is 11.4 Å². The minimum absolute atomic E-state index is 0.0129. The summed E-state index contributed by atoms with van der Waals surface area (Å²) >= 11 is 12.5. The zero-order chi connectivity index (χ0) is 27.8. The van der Waals surface area contributed by atoms with Gasteiger partial charge in [0.15, 0.2) is 5.11 Å². The number of aromatic nitrogens is 2. The van der Waals surface area contributed by atoms with Crippen molar-refractivity contribution in [3.63, 3.8) is 0 Å². The molecule has 2 atom stereocenters. The van der Waals surface area contributed by atoms with E-state index in [1.807, 2.05) is 69.4 Å². The van der Waals surface area contributed by atoms with Crippen LogP contribution in [0.2, 0.25) is 5.02 Å². The van der Waals surface area contributed by atoms with E-state index in [4.69, 9.17) is 28.8 Å². The second kappa shape index (κ2) is 10.8. The first kappa shape index (κ1) is 26.9. The van der Waals surface area contributed by atoms with Crippen LogP contribution in [0.1, 0.15) is 59.2 Å². The van der Waals surface area contributed by atoms with Crippen molar-refractivity contribution in [2.24, 2.45) is 0 Å². The molecule has 1 saturated heterocycles. The van der Waals surface area contributed by atoms with E-state index < -0.39 is 0 Å². The van der Waals surface area contributed by atoms with Crippen molar-refractivity contribution in [2.45, 2.75) is 53.1 Å². The van der Waals surface area contributed by atoms with Crippen molar-refractivity contribution >= 4 is 46.2 Å². The van der Waals surface area contributed by atoms with Crippen LogP contribution in [0.5, 0.6) is 0 Å². The number of carbonyl (C=O) groups is 1. The molecule has 2 aromatic heterocycles. The first-order valence-corrected chi connectivity index (χ1v) is 13.8. The van der Waals surface area contributed by atoms with Crippen LogP contribution in [0.25, 0.3) is 5.69 Å². The van der Waals surface area contributed by atoms with Crippen LogP contribution in [0.15, 0.2) is 66.9 Å². The van der Waals surface area contributed by atoms with Crippen LogP contribution >= 0.6 is 23.8 Å². The first-order chi connectivity index (χ1) is 18.7. The summed E-state index contributed by atoms with van der Waals surface area (Å²) in [5.41, 5.74) is 9.11. The third kappa shape index (κ3) is 4.92. The molecule has 2 N–H and O–H groups in total. The average Bonchev–Trinajstić information content (AvgIpc) is 3.42. The maximum absolute atomic E-state index is 12.0. The lowest BCUT2D eigenvalue weighted by Gasteiger charge is -2.29. The Kier molecular flexibility index (Phi) is 7.47. The molecule has 0 aliphatic carbocycles. The van der Waals surface area contributed by atoms with E-state index in [9.17, 15) is 4.79 Å². The van der Waals surface area contributed by atoms with Crippen molar-refractivity contribution in [3.8, 4) is 5.69 Å². The maximum Gasteiger partial charge on any atom is 0.224 e. The fraction of sp³-hybridized carbons (Fsp3) is 0.258. The van der Waals surface area contributed by atoms with E-state index >= 15 is 0 Å². The Hall–Kier alpha value is -3.68. The highest BCUT2D eigenvalue weighted by Gasteiger charge is 2.42. The van der Waals surface area contributed by atoms with Crippen molar-refractivity contribution in [2.75, 3.05) is 10.2 Å². The van der Waals surface area contributed by atoms with Crippen LogP contribution in [-0.4, -0.2) is 20.6 Å². The molecule has 1 amide bonds. The molecule has 0 bridgehead atoms. The lowest BCUT2D eigenvalue weighted by molar-refractivity contribution is -0.115. The normalized spacial score (nSPS) is 16.9. The van der Waals surface area contributed by atoms with Gasteiger partial charge in [0.05, 0.1) is 17.8 Å². The number of nitrogens with one attached hydrogen (secondary N) is 2. The van der Waals surface area contributed by atoms with E-state index in [2.05, 4.69) is 52.1 Å². The van der Waals surface area contributed by atoms with Crippen molar-refractivity contribution in [1.82, 2.24) is 14.9 Å². The molecule has 4 aromatic rings. The number of hydrogen-bond acceptors (Lipinski definition) is 3. The Balaban J connectivity index is 1.65. The van der Waals surface area contributed by atoms with Crippen molar-refractivity contribution in [1.29, 1.82) is 0 Å². The fourth-order valence-electron chi connectivity index (χ4n) is 5.42. The van der Waals surface area contributed by atoms with Gasteiger partial charge < -0.3 is 20.1 Å². The average molecular weight is 558 g/mol. The monoisotopic (exact) mass is 557 g/mol. The molecule has 1 aliphatic heterocycles. The summed E-state index contributed by atoms with van der Waals surface area (Å²) in [7, 11) is 0. The number of thiocarbonyl (C=S) groups is 1. The third-order valence-corrected chi connectivity index (χ3v) is 8.17. The summed E-state index contributed by atoms with van der Waals surface area (Å²) in [5, 5.41) is 7.91. The summed E-state index contributed by atoms with van der Waals surface area (Å²) in [6, 6.07) is 19.9. The molecule has 6 nitrogen and oxygen atoms in total. The Morgan fingerprint density at radius 3 is 2.56 bits per heavy atom. The number of nitrogens with zero attached hydrogens (tertiary/aromatic N) is 3. The predicted octanol–water partition coefficient (Wildman–Crippen LogP) is 7.28. The van der Waals surface area contributed by atoms with E-state index in [0.29, 0.717) is 11.5 Å². The van der Waals surface area contributed by atoms with E-state index in [1.165, 1.54) is 0 Å². The topological polar surface area (TPSA) is 62.2 Å². The quantitative estimate of drug-likeness (QED) is 0.244. The first-order valence-electron chi connectivity index (χ1n) is 13.1. The van der Waals surface area contributed by atoms with Gasteiger partial charge in [-0.05, 0) is 105 Å². The zero-order valence-electron chi connectivity index (χ0n) is 22.7. The Bertz CT molecular complexity index is 1560. The lowest BCUT2D eigenvalue weighted by atomic mass is 9.96. The van der Waals surface area contributed by atoms with Crippen LogP contribution in [-0.2, 0) is 4.79 Å². The number of aryl methyl sites for hydroxylation is 2. The molecule has 0 radical (unpaired) electrons. The van der Waals surface area contributed by atoms with Crippen molar-refractivity contribution < 1.29 is 4.79 Å². The summed E-state index contributed by atoms with van der Waals surface area (Å²) in [6.07, 6.45) is 2.24. The van der Waals surface area contributed by atoms with Crippen LogP contribution in [0, 0.1) is 27.7 Å². The van der Waals surface area contributed by atoms with Gasteiger partial charge in [-0.1, -0.05) is 30.7 Å². The number of rotatable bonds is 6. The fourth-order valence-corrected chi connectivity index (χ4v) is 5.94. The van der Waals surface area contributed by atoms with Gasteiger partial charge >= 0.3 is 0 Å². The maximum atomic E-state index is 12.0. The molecule has 39 heavy (non-hydrogen) atoms. The highest BCUT2D eigenvalue weighted by molar-refractivity contribution is 7.80. The molecule has 2 aromatic carbocycles. The standard InChI is InChI=1S/C31H32ClN5OS/c1-6-28(38)34-25-14-13-22(16-18(25)2)37-30(29(35-31(37)39)26-11-7-8-15-33-26)23-17-19(3)36(21(23)5)27-12-9-10-24(32)20(27)4/h7-17,29-30H,6H2,1-5H3,(H,34,38)(H,35,39)/t29-,30-/m1/s1. The number of amides is 1. The van der Waals surface area contributed by atoms with E-state index in [1.54, 1.807) is 0 Å². The molecule has 0 unspecified atom stereocenters. The van der Waals surface area contributed by atoms with Gasteiger partial charge in [0.2, 0.25) is 5.91 Å². The Labute approximate surface area is 240 Å². The predicted molar refractivity (Wildman–Crippen MR) is 163 cm³/mol. The van der Waals surface area contributed by atoms with Gasteiger partial charge in [0.1, 0.15) is 0 Å². The number of benzene rings is 2. The minimum atomic E-state index is -0.159. The number of carbonyl (C=O) groups excluding carboxylic acids is 1. The van der Waals surface area contributed by atoms with Gasteiger partial charge in [0, 0.05) is 46.1 Å². The number of anilines is 2. The third-order valence-electron chi connectivity index (χ3n) is 7.45. The lowest BCUT2D eigenvalue weighted by Crippen LogP contribution is -2.29. The minimum Gasteiger partial charge on any atom is -0.351 e. The molecule has 200 valence electrons. The zero-order valence-corrected chi connectivity index (χ0v) is 24.3. The number of halogens is 1. The molecule has 0 spiro atoms. The highest BCUT2D eigenvalue weighted by atomic mass is 35.5. The largest absolute Gasteiger partial charge is 0.351 e. The molecular weight excluding hydrogens is 526 g/mol. The molecule has 1 fully saturated rings. The molecule has 3 heterocycles. The molecule has 5 rings (SSSR count). The Morgan fingerprint density at radius 1 is 1.08 bits per heavy atom. The summed E-state index contributed by atoms with van der Waals surface area (Å²) in [5.74, 6) is -0.0129. The molecule has 1 aliphatic rings. The second-order valence-electron chi connectivity index (χ2n) is 9.94. The molecule has 8 heteroatoms. The SMILES string of the molecule is CCC(=O)Nc1ccc(N2C(=S)N[C@H](c3ccccn3)[C@H]2c2cc(C)n(-c3cccc(Cl)c3C)c2C)cc1C. The Morgan fingerprint density at radius 2 is 1.87 bits per heavy atom. The van der Waals surface area contributed by atoms with E-state index in [-0.39, 0.29) is 18.0 Å². The van der Waals surface area contributed by atoms with Gasteiger partial charge in [0.25, 0.3) is 0 Å². The molecule has 0 saturated carbocycles. The second-order valence-corrected chi connectivity index (χ2v) is 10.7. The summed E-state index contributed by atoms with van der Waals surface area (Å²) in [4.78, 5) is 18.9. The van der Waals surface area contributed by atoms with Gasteiger partial charge in [-0.3, -0.25) is 9.78 Å². The number of hydrogen-bond donors (Lipinski definition) is 2. The summed E-state index contributed by atoms with van der Waals surface area (Å²) < 4.78 is 2.26. The van der Waals surface area contributed by atoms with Crippen molar-refractivity contribution in [3.05, 3.63) is 106 Å². The van der Waals surface area contributed by atoms with Crippen LogP contribution < -0.4 is 15.5 Å². The van der Waals surface area contributed by atoms with Gasteiger partial charge in [-0.15, -0.1) is 0 Å².